The zero-order chi connectivity index (χ0) is 11.7. The average Bonchev–Trinajstić information content (AvgIpc) is 2.22. The molecule has 0 aromatic carbocycles. The van der Waals surface area contributed by atoms with Crippen molar-refractivity contribution in [1.29, 1.82) is 0 Å². The van der Waals surface area contributed by atoms with Crippen molar-refractivity contribution in [2.24, 2.45) is 10.7 Å². The number of hydrogen-bond donors (Lipinski definition) is 1. The zero-order valence-corrected chi connectivity index (χ0v) is 9.78. The van der Waals surface area contributed by atoms with E-state index >= 15 is 0 Å². The minimum absolute atomic E-state index is 0.269. The molecular weight excluding hydrogens is 191 g/mol. The van der Waals surface area contributed by atoms with E-state index in [-0.39, 0.29) is 5.54 Å². The molecule has 0 amide bonds. The molecule has 0 heterocycles. The fourth-order valence-corrected chi connectivity index (χ4v) is 0.979. The molecule has 0 bridgehead atoms. The molecule has 2 nitrogen and oxygen atoms in total. The highest BCUT2D eigenvalue weighted by atomic mass is 19.1. The Morgan fingerprint density at radius 2 is 2.00 bits per heavy atom. The van der Waals surface area contributed by atoms with Gasteiger partial charge in [-0.2, -0.15) is 0 Å². The minimum Gasteiger partial charge on any atom is -0.322 e. The molecule has 0 aliphatic rings. The van der Waals surface area contributed by atoms with Gasteiger partial charge < -0.3 is 5.73 Å². The Kier molecular flexibility index (Phi) is 6.88. The molecule has 0 saturated heterocycles. The molecule has 0 saturated carbocycles. The summed E-state index contributed by atoms with van der Waals surface area (Å²) in [7, 11) is 0. The molecule has 86 valence electrons. The molecule has 1 unspecified atom stereocenters. The van der Waals surface area contributed by atoms with Crippen LogP contribution in [-0.2, 0) is 0 Å². The van der Waals surface area contributed by atoms with Gasteiger partial charge in [-0.15, -0.1) is 0 Å². The summed E-state index contributed by atoms with van der Waals surface area (Å²) in [6, 6.07) is 0. The van der Waals surface area contributed by atoms with Gasteiger partial charge in [0.15, 0.2) is 0 Å². The van der Waals surface area contributed by atoms with Crippen LogP contribution in [0, 0.1) is 0 Å². The third kappa shape index (κ3) is 7.03. The Hall–Kier alpha value is -0.960. The van der Waals surface area contributed by atoms with Gasteiger partial charge in [0.05, 0.1) is 0 Å². The highest BCUT2D eigenvalue weighted by molar-refractivity contribution is 5.71. The van der Waals surface area contributed by atoms with Crippen LogP contribution in [0.3, 0.4) is 0 Å². The van der Waals surface area contributed by atoms with E-state index in [1.54, 1.807) is 18.5 Å². The normalized spacial score (nSPS) is 15.8. The Bertz CT molecular complexity index is 238. The second-order valence-corrected chi connectivity index (χ2v) is 3.62. The third-order valence-electron chi connectivity index (χ3n) is 2.36. The molecule has 0 aliphatic heterocycles. The number of allylic oxidation sites excluding steroid dienone is 2. The first-order valence-corrected chi connectivity index (χ1v) is 5.34. The van der Waals surface area contributed by atoms with Crippen molar-refractivity contribution in [3.8, 4) is 0 Å². The van der Waals surface area contributed by atoms with Crippen molar-refractivity contribution in [2.75, 3.05) is 0 Å². The van der Waals surface area contributed by atoms with Crippen LogP contribution in [0.15, 0.2) is 29.4 Å². The van der Waals surface area contributed by atoms with Crippen LogP contribution in [0.4, 0.5) is 4.39 Å². The first-order valence-electron chi connectivity index (χ1n) is 5.34. The van der Waals surface area contributed by atoms with Crippen molar-refractivity contribution in [3.05, 3.63) is 24.4 Å². The molecule has 0 radical (unpaired) electrons. The number of nitrogens with zero attached hydrogens (tertiary/aromatic N) is 1. The van der Waals surface area contributed by atoms with Gasteiger partial charge in [0.2, 0.25) is 0 Å². The second-order valence-electron chi connectivity index (χ2n) is 3.62. The maximum Gasteiger partial charge on any atom is 0.116 e. The minimum atomic E-state index is -0.930. The molecule has 0 spiro atoms. The summed E-state index contributed by atoms with van der Waals surface area (Å²) in [6.45, 7) is 5.56. The number of rotatable bonds is 6. The Morgan fingerprint density at radius 1 is 1.40 bits per heavy atom. The van der Waals surface area contributed by atoms with Crippen molar-refractivity contribution in [2.45, 2.75) is 45.3 Å². The van der Waals surface area contributed by atoms with E-state index in [0.29, 0.717) is 0 Å². The van der Waals surface area contributed by atoms with E-state index in [4.69, 9.17) is 5.73 Å². The summed E-state index contributed by atoms with van der Waals surface area (Å²) in [6.07, 6.45) is 8.96. The van der Waals surface area contributed by atoms with Gasteiger partial charge in [-0.1, -0.05) is 13.8 Å². The summed E-state index contributed by atoms with van der Waals surface area (Å²) in [4.78, 5) is 3.99. The summed E-state index contributed by atoms with van der Waals surface area (Å²) >= 11 is 0. The van der Waals surface area contributed by atoms with E-state index in [0.717, 1.165) is 12.8 Å². The van der Waals surface area contributed by atoms with Gasteiger partial charge in [0, 0.05) is 18.0 Å². The molecule has 0 aliphatic carbocycles. The quantitative estimate of drug-likeness (QED) is 0.675. The molecule has 0 rings (SSSR count). The van der Waals surface area contributed by atoms with Crippen LogP contribution in [0.1, 0.15) is 33.6 Å². The monoisotopic (exact) mass is 212 g/mol. The number of nitrogens with two attached hydrogens (primary N) is 1. The number of alkyl halides is 1. The van der Waals surface area contributed by atoms with Gasteiger partial charge >= 0.3 is 0 Å². The predicted octanol–water partition coefficient (Wildman–Crippen LogP) is 3.00. The molecule has 0 aromatic heterocycles. The van der Waals surface area contributed by atoms with Crippen LogP contribution in [0.2, 0.25) is 0 Å². The van der Waals surface area contributed by atoms with Crippen molar-refractivity contribution >= 4 is 6.21 Å². The summed E-state index contributed by atoms with van der Waals surface area (Å²) in [5.74, 6) is 0. The van der Waals surface area contributed by atoms with Crippen molar-refractivity contribution in [3.63, 3.8) is 0 Å². The smallest absolute Gasteiger partial charge is 0.116 e. The van der Waals surface area contributed by atoms with E-state index in [1.165, 1.54) is 13.0 Å². The fourth-order valence-electron chi connectivity index (χ4n) is 0.979. The lowest BCUT2D eigenvalue weighted by atomic mass is 9.94. The molecule has 0 fully saturated rings. The van der Waals surface area contributed by atoms with Gasteiger partial charge in [0.25, 0.3) is 0 Å². The number of aliphatic imine (C=N–C) groups is 1. The third-order valence-corrected chi connectivity index (χ3v) is 2.36. The molecule has 2 N–H and O–H groups in total. The highest BCUT2D eigenvalue weighted by Gasteiger charge is 2.14. The SMILES string of the molecule is CCC(N)(/C=C/N=C/C=C\C(C)F)CC. The molecule has 3 heteroatoms. The van der Waals surface area contributed by atoms with Crippen LogP contribution in [-0.4, -0.2) is 17.9 Å². The maximum absolute atomic E-state index is 12.3. The Morgan fingerprint density at radius 3 is 2.47 bits per heavy atom. The molecule has 0 aromatic rings. The molecular formula is C12H21FN2. The topological polar surface area (TPSA) is 38.4 Å². The van der Waals surface area contributed by atoms with Gasteiger partial charge in [0.1, 0.15) is 6.17 Å². The first-order chi connectivity index (χ1) is 7.04. The predicted molar refractivity (Wildman–Crippen MR) is 64.8 cm³/mol. The van der Waals surface area contributed by atoms with E-state index in [1.807, 2.05) is 19.9 Å². The molecule has 15 heavy (non-hydrogen) atoms. The fraction of sp³-hybridized carbons (Fsp3) is 0.583. The summed E-state index contributed by atoms with van der Waals surface area (Å²) in [5, 5.41) is 0. The van der Waals surface area contributed by atoms with Crippen LogP contribution >= 0.6 is 0 Å². The summed E-state index contributed by atoms with van der Waals surface area (Å²) < 4.78 is 12.3. The van der Waals surface area contributed by atoms with Gasteiger partial charge in [-0.25, -0.2) is 4.39 Å². The second kappa shape index (κ2) is 7.35. The average molecular weight is 212 g/mol. The Labute approximate surface area is 91.8 Å². The lowest BCUT2D eigenvalue weighted by molar-refractivity contribution is 0.431. The van der Waals surface area contributed by atoms with E-state index in [9.17, 15) is 4.39 Å². The zero-order valence-electron chi connectivity index (χ0n) is 9.78. The Balaban J connectivity index is 4.08. The summed E-state index contributed by atoms with van der Waals surface area (Å²) in [5.41, 5.74) is 5.75. The largest absolute Gasteiger partial charge is 0.322 e. The van der Waals surface area contributed by atoms with Gasteiger partial charge in [-0.05, 0) is 38.0 Å². The van der Waals surface area contributed by atoms with Crippen LogP contribution in [0.25, 0.3) is 0 Å². The lowest BCUT2D eigenvalue weighted by Crippen LogP contribution is -2.35. The van der Waals surface area contributed by atoms with Crippen LogP contribution in [0.5, 0.6) is 0 Å². The van der Waals surface area contributed by atoms with Gasteiger partial charge in [-0.3, -0.25) is 4.99 Å². The first kappa shape index (κ1) is 14.0. The standard InChI is InChI=1S/C12H21FN2/c1-4-12(14,5-2)8-10-15-9-6-7-11(3)13/h6-11H,4-5,14H2,1-3H3/b7-6-,10-8+,15-9+. The van der Waals surface area contributed by atoms with Crippen molar-refractivity contribution < 1.29 is 4.39 Å². The van der Waals surface area contributed by atoms with Crippen LogP contribution < -0.4 is 5.73 Å². The number of hydrogen-bond acceptors (Lipinski definition) is 2. The van der Waals surface area contributed by atoms with Crippen molar-refractivity contribution in [1.82, 2.24) is 0 Å². The maximum atomic E-state index is 12.3. The molecule has 1 atom stereocenters. The van der Waals surface area contributed by atoms with E-state index < -0.39 is 6.17 Å². The highest BCUT2D eigenvalue weighted by Crippen LogP contribution is 2.12. The van der Waals surface area contributed by atoms with E-state index in [2.05, 4.69) is 4.99 Å². The lowest BCUT2D eigenvalue weighted by Gasteiger charge is -2.21. The number of halogens is 1.